The van der Waals surface area contributed by atoms with E-state index >= 15 is 0 Å². The minimum Gasteiger partial charge on any atom is -0.352 e. The predicted octanol–water partition coefficient (Wildman–Crippen LogP) is 3.26. The number of carbonyl (C=O) groups excluding carboxylic acids is 2. The Bertz CT molecular complexity index is 694. The second-order valence-corrected chi connectivity index (χ2v) is 5.66. The van der Waals surface area contributed by atoms with Crippen molar-refractivity contribution in [1.82, 2.24) is 10.6 Å². The molecule has 2 aromatic rings. The molecule has 0 saturated heterocycles. The number of benzene rings is 2. The van der Waals surface area contributed by atoms with Crippen LogP contribution in [0.2, 0.25) is 0 Å². The van der Waals surface area contributed by atoms with Gasteiger partial charge in [0.1, 0.15) is 6.04 Å². The fourth-order valence-electron chi connectivity index (χ4n) is 2.22. The van der Waals surface area contributed by atoms with E-state index in [1.165, 1.54) is 0 Å². The van der Waals surface area contributed by atoms with E-state index in [1.54, 1.807) is 6.92 Å². The van der Waals surface area contributed by atoms with Gasteiger partial charge in [-0.1, -0.05) is 43.3 Å². The molecule has 3 amide bonds. The first-order valence-corrected chi connectivity index (χ1v) is 7.87. The first-order chi connectivity index (χ1) is 11.0. The van der Waals surface area contributed by atoms with Crippen molar-refractivity contribution in [2.45, 2.75) is 39.3 Å². The van der Waals surface area contributed by atoms with Crippen LogP contribution in [0.3, 0.4) is 0 Å². The van der Waals surface area contributed by atoms with Gasteiger partial charge < -0.3 is 16.0 Å². The number of carbonyl (C=O) groups is 2. The fourth-order valence-corrected chi connectivity index (χ4v) is 2.22. The van der Waals surface area contributed by atoms with Crippen LogP contribution in [0.25, 0.3) is 10.8 Å². The number of fused-ring (bicyclic) bond motifs is 1. The van der Waals surface area contributed by atoms with Crippen LogP contribution in [0.1, 0.15) is 27.2 Å². The SMILES string of the molecule is CC[C@H](C)NC(=O)[C@H](C)NC(=O)Nc1cccc2ccccc12. The van der Waals surface area contributed by atoms with Crippen molar-refractivity contribution in [2.24, 2.45) is 0 Å². The van der Waals surface area contributed by atoms with Crippen molar-refractivity contribution in [1.29, 1.82) is 0 Å². The summed E-state index contributed by atoms with van der Waals surface area (Å²) in [6.07, 6.45) is 0.848. The van der Waals surface area contributed by atoms with Gasteiger partial charge in [-0.3, -0.25) is 4.79 Å². The van der Waals surface area contributed by atoms with Gasteiger partial charge in [0.2, 0.25) is 5.91 Å². The molecule has 2 aromatic carbocycles. The molecule has 0 bridgehead atoms. The van der Waals surface area contributed by atoms with E-state index in [2.05, 4.69) is 16.0 Å². The normalized spacial score (nSPS) is 13.2. The maximum absolute atomic E-state index is 12.1. The van der Waals surface area contributed by atoms with Crippen molar-refractivity contribution in [3.63, 3.8) is 0 Å². The highest BCUT2D eigenvalue weighted by molar-refractivity contribution is 6.02. The largest absolute Gasteiger partial charge is 0.352 e. The number of nitrogens with one attached hydrogen (secondary N) is 3. The molecule has 0 saturated carbocycles. The van der Waals surface area contributed by atoms with E-state index in [1.807, 2.05) is 56.3 Å². The van der Waals surface area contributed by atoms with Crippen LogP contribution < -0.4 is 16.0 Å². The lowest BCUT2D eigenvalue weighted by molar-refractivity contribution is -0.123. The summed E-state index contributed by atoms with van der Waals surface area (Å²) in [5, 5.41) is 10.3. The maximum Gasteiger partial charge on any atom is 0.319 e. The zero-order chi connectivity index (χ0) is 16.8. The predicted molar refractivity (Wildman–Crippen MR) is 93.5 cm³/mol. The molecule has 5 nitrogen and oxygen atoms in total. The summed E-state index contributed by atoms with van der Waals surface area (Å²) < 4.78 is 0. The Morgan fingerprint density at radius 3 is 2.43 bits per heavy atom. The Morgan fingerprint density at radius 1 is 1.00 bits per heavy atom. The molecule has 0 aliphatic heterocycles. The average molecular weight is 313 g/mol. The molecule has 0 radical (unpaired) electrons. The van der Waals surface area contributed by atoms with Crippen molar-refractivity contribution in [3.05, 3.63) is 42.5 Å². The summed E-state index contributed by atoms with van der Waals surface area (Å²) in [6.45, 7) is 5.59. The molecule has 0 fully saturated rings. The highest BCUT2D eigenvalue weighted by Gasteiger charge is 2.17. The smallest absolute Gasteiger partial charge is 0.319 e. The summed E-state index contributed by atoms with van der Waals surface area (Å²) in [7, 11) is 0. The number of urea groups is 1. The first-order valence-electron chi connectivity index (χ1n) is 7.87. The molecule has 0 aliphatic carbocycles. The third kappa shape index (κ3) is 4.45. The van der Waals surface area contributed by atoms with Gasteiger partial charge in [-0.2, -0.15) is 0 Å². The van der Waals surface area contributed by atoms with E-state index in [-0.39, 0.29) is 11.9 Å². The van der Waals surface area contributed by atoms with Crippen LogP contribution in [-0.2, 0) is 4.79 Å². The third-order valence-corrected chi connectivity index (χ3v) is 3.78. The minimum absolute atomic E-state index is 0.0906. The van der Waals surface area contributed by atoms with E-state index < -0.39 is 12.1 Å². The molecule has 5 heteroatoms. The number of rotatable bonds is 5. The average Bonchev–Trinajstić information content (AvgIpc) is 2.54. The molecule has 2 atom stereocenters. The van der Waals surface area contributed by atoms with Crippen LogP contribution in [0.4, 0.5) is 10.5 Å². The Labute approximate surface area is 136 Å². The zero-order valence-electron chi connectivity index (χ0n) is 13.7. The summed E-state index contributed by atoms with van der Waals surface area (Å²) in [4.78, 5) is 24.1. The van der Waals surface area contributed by atoms with Crippen LogP contribution >= 0.6 is 0 Å². The number of hydrogen-bond donors (Lipinski definition) is 3. The van der Waals surface area contributed by atoms with Gasteiger partial charge in [-0.15, -0.1) is 0 Å². The molecule has 0 aliphatic rings. The standard InChI is InChI=1S/C18H23N3O2/c1-4-12(2)19-17(22)13(3)20-18(23)21-16-11-7-9-14-8-5-6-10-15(14)16/h5-13H,4H2,1-3H3,(H,19,22)(H2,20,21,23)/t12-,13-/m0/s1. The lowest BCUT2D eigenvalue weighted by atomic mass is 10.1. The molecule has 2 rings (SSSR count). The van der Waals surface area contributed by atoms with Gasteiger partial charge in [-0.25, -0.2) is 4.79 Å². The molecule has 122 valence electrons. The van der Waals surface area contributed by atoms with Gasteiger partial charge >= 0.3 is 6.03 Å². The molecule has 0 heterocycles. The highest BCUT2D eigenvalue weighted by Crippen LogP contribution is 2.22. The third-order valence-electron chi connectivity index (χ3n) is 3.78. The molecule has 0 unspecified atom stereocenters. The fraction of sp³-hybridized carbons (Fsp3) is 0.333. The Balaban J connectivity index is 2.00. The van der Waals surface area contributed by atoms with E-state index in [0.29, 0.717) is 0 Å². The Morgan fingerprint density at radius 2 is 1.70 bits per heavy atom. The van der Waals surface area contributed by atoms with E-state index in [9.17, 15) is 9.59 Å². The highest BCUT2D eigenvalue weighted by atomic mass is 16.2. The number of anilines is 1. The summed E-state index contributed by atoms with van der Waals surface area (Å²) >= 11 is 0. The van der Waals surface area contributed by atoms with Crippen LogP contribution in [-0.4, -0.2) is 24.0 Å². The van der Waals surface area contributed by atoms with Crippen LogP contribution in [0, 0.1) is 0 Å². The van der Waals surface area contributed by atoms with Gasteiger partial charge in [0, 0.05) is 11.4 Å². The maximum atomic E-state index is 12.1. The number of hydrogen-bond acceptors (Lipinski definition) is 2. The minimum atomic E-state index is -0.598. The van der Waals surface area contributed by atoms with Crippen molar-refractivity contribution in [2.75, 3.05) is 5.32 Å². The van der Waals surface area contributed by atoms with Gasteiger partial charge in [-0.05, 0) is 31.7 Å². The van der Waals surface area contributed by atoms with Gasteiger partial charge in [0.05, 0.1) is 5.69 Å². The van der Waals surface area contributed by atoms with Gasteiger partial charge in [0.15, 0.2) is 0 Å². The molecular formula is C18H23N3O2. The molecule has 3 N–H and O–H groups in total. The summed E-state index contributed by atoms with van der Waals surface area (Å²) in [5.41, 5.74) is 0.718. The molecular weight excluding hydrogens is 290 g/mol. The lowest BCUT2D eigenvalue weighted by Crippen LogP contribution is -2.48. The van der Waals surface area contributed by atoms with Crippen molar-refractivity contribution < 1.29 is 9.59 Å². The zero-order valence-corrected chi connectivity index (χ0v) is 13.7. The Hall–Kier alpha value is -2.56. The monoisotopic (exact) mass is 313 g/mol. The van der Waals surface area contributed by atoms with E-state index in [0.717, 1.165) is 22.9 Å². The lowest BCUT2D eigenvalue weighted by Gasteiger charge is -2.18. The number of amides is 3. The summed E-state index contributed by atoms with van der Waals surface area (Å²) in [6, 6.07) is 12.6. The van der Waals surface area contributed by atoms with Crippen molar-refractivity contribution in [3.8, 4) is 0 Å². The van der Waals surface area contributed by atoms with Crippen LogP contribution in [0.15, 0.2) is 42.5 Å². The van der Waals surface area contributed by atoms with Crippen molar-refractivity contribution >= 4 is 28.4 Å². The second kappa shape index (κ2) is 7.63. The Kier molecular flexibility index (Phi) is 5.57. The topological polar surface area (TPSA) is 70.2 Å². The second-order valence-electron chi connectivity index (χ2n) is 5.66. The van der Waals surface area contributed by atoms with Gasteiger partial charge in [0.25, 0.3) is 0 Å². The van der Waals surface area contributed by atoms with Crippen LogP contribution in [0.5, 0.6) is 0 Å². The first kappa shape index (κ1) is 16.8. The molecule has 0 spiro atoms. The summed E-state index contributed by atoms with van der Waals surface area (Å²) in [5.74, 6) is -0.188. The molecule has 0 aromatic heterocycles. The molecule has 23 heavy (non-hydrogen) atoms. The van der Waals surface area contributed by atoms with E-state index in [4.69, 9.17) is 0 Å². The quantitative estimate of drug-likeness (QED) is 0.793.